The number of carbonyl (C=O) groups is 3. The molecule has 1 heterocycles. The van der Waals surface area contributed by atoms with Crippen molar-refractivity contribution in [2.75, 3.05) is 23.0 Å². The lowest BCUT2D eigenvalue weighted by molar-refractivity contribution is -0.148. The normalized spacial score (nSPS) is 16.6. The highest BCUT2D eigenvalue weighted by Crippen LogP contribution is 2.44. The van der Waals surface area contributed by atoms with Gasteiger partial charge in [0.15, 0.2) is 0 Å². The van der Waals surface area contributed by atoms with E-state index in [1.165, 1.54) is 4.90 Å². The number of amides is 2. The SMILES string of the molecule is CCOC(=O)CC1C(=O)N(CC(C)(C)C)c2ccc(Cl)cc2N(c2ccccc2Cl)C1=O. The van der Waals surface area contributed by atoms with Gasteiger partial charge in [-0.15, -0.1) is 0 Å². The highest BCUT2D eigenvalue weighted by Gasteiger charge is 2.43. The Kier molecular flexibility index (Phi) is 7.16. The lowest BCUT2D eigenvalue weighted by atomic mass is 9.94. The zero-order valence-corrected chi connectivity index (χ0v) is 20.0. The second-order valence-electron chi connectivity index (χ2n) is 8.80. The third-order valence-corrected chi connectivity index (χ3v) is 5.51. The van der Waals surface area contributed by atoms with Gasteiger partial charge in [-0.2, -0.15) is 0 Å². The van der Waals surface area contributed by atoms with Crippen molar-refractivity contribution < 1.29 is 19.1 Å². The molecule has 1 unspecified atom stereocenters. The summed E-state index contributed by atoms with van der Waals surface area (Å²) in [5.41, 5.74) is 1.08. The topological polar surface area (TPSA) is 66.9 Å². The summed E-state index contributed by atoms with van der Waals surface area (Å²) in [4.78, 5) is 42.8. The predicted octanol–water partition coefficient (Wildman–Crippen LogP) is 5.62. The molecular weight excluding hydrogens is 451 g/mol. The van der Waals surface area contributed by atoms with Crippen LogP contribution in [0.15, 0.2) is 42.5 Å². The molecule has 6 nitrogen and oxygen atoms in total. The van der Waals surface area contributed by atoms with Crippen molar-refractivity contribution in [1.82, 2.24) is 0 Å². The van der Waals surface area contributed by atoms with Crippen LogP contribution in [0.2, 0.25) is 10.0 Å². The molecule has 0 radical (unpaired) electrons. The third-order valence-electron chi connectivity index (χ3n) is 4.95. The lowest BCUT2D eigenvalue weighted by Crippen LogP contribution is -2.44. The van der Waals surface area contributed by atoms with E-state index in [0.29, 0.717) is 33.7 Å². The summed E-state index contributed by atoms with van der Waals surface area (Å²) in [6.07, 6.45) is -0.366. The second kappa shape index (κ2) is 9.51. The number of carbonyl (C=O) groups excluding carboxylic acids is 3. The Morgan fingerprint density at radius 3 is 2.31 bits per heavy atom. The Labute approximate surface area is 198 Å². The highest BCUT2D eigenvalue weighted by molar-refractivity contribution is 6.35. The minimum Gasteiger partial charge on any atom is -0.466 e. The number of halogens is 2. The quantitative estimate of drug-likeness (QED) is 0.414. The van der Waals surface area contributed by atoms with E-state index >= 15 is 0 Å². The maximum atomic E-state index is 13.8. The molecule has 0 fully saturated rings. The van der Waals surface area contributed by atoms with Gasteiger partial charge >= 0.3 is 5.97 Å². The van der Waals surface area contributed by atoms with Crippen LogP contribution in [0, 0.1) is 11.3 Å². The molecule has 1 aliphatic rings. The molecule has 2 aromatic carbocycles. The number of esters is 1. The van der Waals surface area contributed by atoms with E-state index in [4.69, 9.17) is 27.9 Å². The second-order valence-corrected chi connectivity index (χ2v) is 9.65. The molecule has 0 aliphatic carbocycles. The van der Waals surface area contributed by atoms with E-state index in [0.717, 1.165) is 0 Å². The summed E-state index contributed by atoms with van der Waals surface area (Å²) in [5, 5.41) is 0.735. The van der Waals surface area contributed by atoms with Gasteiger partial charge < -0.3 is 9.64 Å². The summed E-state index contributed by atoms with van der Waals surface area (Å²) < 4.78 is 5.05. The van der Waals surface area contributed by atoms with Gasteiger partial charge in [-0.1, -0.05) is 56.1 Å². The van der Waals surface area contributed by atoms with Gasteiger partial charge in [0.25, 0.3) is 0 Å². The fourth-order valence-electron chi connectivity index (χ4n) is 3.67. The van der Waals surface area contributed by atoms with E-state index in [9.17, 15) is 14.4 Å². The molecule has 0 bridgehead atoms. The minimum absolute atomic E-state index is 0.156. The third kappa shape index (κ3) is 5.08. The molecule has 1 aliphatic heterocycles. The van der Waals surface area contributed by atoms with Crippen molar-refractivity contribution in [3.8, 4) is 0 Å². The lowest BCUT2D eigenvalue weighted by Gasteiger charge is -2.31. The van der Waals surface area contributed by atoms with Crippen LogP contribution in [-0.2, 0) is 19.1 Å². The summed E-state index contributed by atoms with van der Waals surface area (Å²) in [6.45, 7) is 8.15. The zero-order valence-electron chi connectivity index (χ0n) is 18.5. The fraction of sp³-hybridized carbons (Fsp3) is 0.375. The van der Waals surface area contributed by atoms with Crippen LogP contribution in [0.25, 0.3) is 0 Å². The van der Waals surface area contributed by atoms with Gasteiger partial charge in [-0.3, -0.25) is 19.3 Å². The standard InChI is InChI=1S/C24H26Cl2N2O4/c1-5-32-21(29)13-16-22(30)27(14-24(2,3)4)19-11-10-15(25)12-20(19)28(23(16)31)18-9-7-6-8-17(18)26/h6-12,16H,5,13-14H2,1-4H3. The van der Waals surface area contributed by atoms with Gasteiger partial charge in [0.2, 0.25) is 11.8 Å². The molecule has 0 N–H and O–H groups in total. The molecule has 170 valence electrons. The monoisotopic (exact) mass is 476 g/mol. The molecule has 0 spiro atoms. The number of benzene rings is 2. The predicted molar refractivity (Wildman–Crippen MR) is 127 cm³/mol. The van der Waals surface area contributed by atoms with Crippen LogP contribution < -0.4 is 9.80 Å². The smallest absolute Gasteiger partial charge is 0.307 e. The van der Waals surface area contributed by atoms with Crippen molar-refractivity contribution >= 4 is 58.0 Å². The molecule has 2 amide bonds. The number of ether oxygens (including phenoxy) is 1. The molecule has 32 heavy (non-hydrogen) atoms. The first-order chi connectivity index (χ1) is 15.0. The van der Waals surface area contributed by atoms with E-state index in [-0.39, 0.29) is 18.4 Å². The van der Waals surface area contributed by atoms with Crippen LogP contribution in [0.5, 0.6) is 0 Å². The van der Waals surface area contributed by atoms with Crippen LogP contribution in [0.4, 0.5) is 17.1 Å². The summed E-state index contributed by atoms with van der Waals surface area (Å²) in [7, 11) is 0. The summed E-state index contributed by atoms with van der Waals surface area (Å²) in [5.74, 6) is -2.90. The van der Waals surface area contributed by atoms with E-state index in [2.05, 4.69) is 0 Å². The molecule has 0 saturated carbocycles. The Hall–Kier alpha value is -2.57. The van der Waals surface area contributed by atoms with Gasteiger partial charge in [-0.05, 0) is 42.7 Å². The van der Waals surface area contributed by atoms with Crippen molar-refractivity contribution in [2.45, 2.75) is 34.1 Å². The van der Waals surface area contributed by atoms with E-state index < -0.39 is 23.7 Å². The number of hydrogen-bond acceptors (Lipinski definition) is 4. The van der Waals surface area contributed by atoms with E-state index in [1.807, 2.05) is 20.8 Å². The largest absolute Gasteiger partial charge is 0.466 e. The number of fused-ring (bicyclic) bond motifs is 1. The number of anilines is 3. The van der Waals surface area contributed by atoms with Crippen LogP contribution in [0.1, 0.15) is 34.1 Å². The zero-order chi connectivity index (χ0) is 23.6. The summed E-state index contributed by atoms with van der Waals surface area (Å²) in [6, 6.07) is 11.9. The first-order valence-electron chi connectivity index (χ1n) is 10.4. The van der Waals surface area contributed by atoms with Crippen molar-refractivity contribution in [3.05, 3.63) is 52.5 Å². The number of hydrogen-bond donors (Lipinski definition) is 0. The Morgan fingerprint density at radius 2 is 1.69 bits per heavy atom. The van der Waals surface area contributed by atoms with Crippen molar-refractivity contribution in [1.29, 1.82) is 0 Å². The number of rotatable bonds is 5. The fourth-order valence-corrected chi connectivity index (χ4v) is 4.06. The maximum absolute atomic E-state index is 13.8. The van der Waals surface area contributed by atoms with Crippen LogP contribution >= 0.6 is 23.2 Å². The molecule has 3 rings (SSSR count). The first kappa shape index (κ1) is 24.1. The first-order valence-corrected chi connectivity index (χ1v) is 11.1. The molecular formula is C24H26Cl2N2O4. The Bertz CT molecular complexity index is 1050. The maximum Gasteiger partial charge on any atom is 0.307 e. The average Bonchev–Trinajstić information content (AvgIpc) is 2.77. The molecule has 0 saturated heterocycles. The van der Waals surface area contributed by atoms with Crippen molar-refractivity contribution in [2.24, 2.45) is 11.3 Å². The molecule has 0 aromatic heterocycles. The van der Waals surface area contributed by atoms with Crippen molar-refractivity contribution in [3.63, 3.8) is 0 Å². The molecule has 2 aromatic rings. The van der Waals surface area contributed by atoms with Gasteiger partial charge in [0, 0.05) is 11.6 Å². The average molecular weight is 477 g/mol. The molecule has 1 atom stereocenters. The number of nitrogens with zero attached hydrogens (tertiary/aromatic N) is 2. The van der Waals surface area contributed by atoms with Crippen LogP contribution in [-0.4, -0.2) is 30.9 Å². The van der Waals surface area contributed by atoms with E-state index in [1.54, 1.807) is 54.3 Å². The summed E-state index contributed by atoms with van der Waals surface area (Å²) >= 11 is 12.7. The highest BCUT2D eigenvalue weighted by atomic mass is 35.5. The van der Waals surface area contributed by atoms with Crippen LogP contribution in [0.3, 0.4) is 0 Å². The Balaban J connectivity index is 2.25. The number of para-hydroxylation sites is 1. The van der Waals surface area contributed by atoms with Gasteiger partial charge in [-0.25, -0.2) is 0 Å². The molecule has 8 heteroatoms. The van der Waals surface area contributed by atoms with Gasteiger partial charge in [0.1, 0.15) is 5.92 Å². The minimum atomic E-state index is -1.26. The van der Waals surface area contributed by atoms with Gasteiger partial charge in [0.05, 0.1) is 35.1 Å². The Morgan fingerprint density at radius 1 is 1.00 bits per heavy atom.